The van der Waals surface area contributed by atoms with Gasteiger partial charge in [0.1, 0.15) is 0 Å². The third-order valence-corrected chi connectivity index (χ3v) is 4.45. The van der Waals surface area contributed by atoms with Crippen LogP contribution in [-0.4, -0.2) is 5.11 Å². The second-order valence-corrected chi connectivity index (χ2v) is 5.66. The maximum absolute atomic E-state index is 12.7. The second kappa shape index (κ2) is 5.88. The van der Waals surface area contributed by atoms with Crippen LogP contribution in [0.15, 0.2) is 24.3 Å². The van der Waals surface area contributed by atoms with Crippen LogP contribution < -0.4 is 0 Å². The quantitative estimate of drug-likeness (QED) is 0.889. The van der Waals surface area contributed by atoms with Gasteiger partial charge in [-0.2, -0.15) is 5.26 Å². The van der Waals surface area contributed by atoms with Crippen LogP contribution in [0.2, 0.25) is 0 Å². The molecule has 1 aromatic rings. The van der Waals surface area contributed by atoms with Crippen LogP contribution in [0.25, 0.3) is 0 Å². The van der Waals surface area contributed by atoms with Crippen molar-refractivity contribution in [3.8, 4) is 6.07 Å². The lowest BCUT2D eigenvalue weighted by molar-refractivity contribution is 0.0636. The van der Waals surface area contributed by atoms with Gasteiger partial charge in [-0.15, -0.1) is 0 Å². The van der Waals surface area contributed by atoms with Gasteiger partial charge in [-0.05, 0) is 36.8 Å². The predicted molar refractivity (Wildman–Crippen MR) is 72.0 cm³/mol. The van der Waals surface area contributed by atoms with E-state index in [4.69, 9.17) is 0 Å². The Hall–Kier alpha value is -1.47. The number of hydrogen-bond acceptors (Lipinski definition) is 2. The van der Waals surface area contributed by atoms with Crippen LogP contribution >= 0.6 is 0 Å². The van der Waals surface area contributed by atoms with Crippen molar-refractivity contribution in [2.45, 2.75) is 45.1 Å². The summed E-state index contributed by atoms with van der Waals surface area (Å²) in [6.45, 7) is 2.07. The molecule has 0 aliphatic heterocycles. The molecule has 4 heteroatoms. The molecule has 20 heavy (non-hydrogen) atoms. The smallest absolute Gasteiger partial charge is 0.263 e. The fourth-order valence-corrected chi connectivity index (χ4v) is 3.12. The van der Waals surface area contributed by atoms with Gasteiger partial charge in [0.15, 0.2) is 0 Å². The molecule has 1 N–H and O–H groups in total. The predicted octanol–water partition coefficient (Wildman–Crippen LogP) is 4.38. The number of benzene rings is 1. The molecule has 3 atom stereocenters. The molecule has 0 radical (unpaired) electrons. The summed E-state index contributed by atoms with van der Waals surface area (Å²) in [6, 6.07) is 8.03. The lowest BCUT2D eigenvalue weighted by atomic mass is 9.77. The van der Waals surface area contributed by atoms with Gasteiger partial charge in [-0.25, -0.2) is 8.78 Å². The zero-order valence-electron chi connectivity index (χ0n) is 11.5. The van der Waals surface area contributed by atoms with Gasteiger partial charge in [0.2, 0.25) is 0 Å². The van der Waals surface area contributed by atoms with Crippen molar-refractivity contribution in [2.24, 2.45) is 11.3 Å². The molecule has 1 aliphatic carbocycles. The Morgan fingerprint density at radius 2 is 2.15 bits per heavy atom. The number of nitriles is 1. The normalized spacial score (nSPS) is 27.5. The maximum Gasteiger partial charge on any atom is 0.263 e. The summed E-state index contributed by atoms with van der Waals surface area (Å²) in [5.74, 6) is 0.433. The lowest BCUT2D eigenvalue weighted by Crippen LogP contribution is -2.24. The molecule has 2 rings (SSSR count). The van der Waals surface area contributed by atoms with Crippen molar-refractivity contribution in [1.82, 2.24) is 0 Å². The summed E-state index contributed by atoms with van der Waals surface area (Å²) in [6.07, 6.45) is -0.403. The van der Waals surface area contributed by atoms with E-state index in [1.807, 2.05) is 0 Å². The first-order valence-corrected chi connectivity index (χ1v) is 6.99. The molecule has 0 aromatic heterocycles. The van der Waals surface area contributed by atoms with E-state index in [9.17, 15) is 19.1 Å². The highest BCUT2D eigenvalue weighted by molar-refractivity contribution is 5.29. The molecule has 108 valence electrons. The van der Waals surface area contributed by atoms with E-state index in [0.717, 1.165) is 12.8 Å². The molecule has 1 aromatic carbocycles. The fraction of sp³-hybridized carbons (Fsp3) is 0.562. The topological polar surface area (TPSA) is 44.0 Å². The molecule has 0 amide bonds. The third-order valence-electron chi connectivity index (χ3n) is 4.45. The molecule has 2 nitrogen and oxygen atoms in total. The number of alkyl halides is 2. The molecular formula is C16H19F2NO. The molecule has 1 aliphatic rings. The van der Waals surface area contributed by atoms with Crippen molar-refractivity contribution in [3.05, 3.63) is 35.4 Å². The summed E-state index contributed by atoms with van der Waals surface area (Å²) < 4.78 is 25.5. The zero-order valence-corrected chi connectivity index (χ0v) is 11.5. The first kappa shape index (κ1) is 14.9. The zero-order chi connectivity index (χ0) is 14.8. The molecule has 0 bridgehead atoms. The van der Waals surface area contributed by atoms with E-state index in [1.54, 1.807) is 6.07 Å². The Kier molecular flexibility index (Phi) is 4.39. The Bertz CT molecular complexity index is 511. The Balaban J connectivity index is 2.28. The first-order chi connectivity index (χ1) is 9.52. The number of nitrogens with zero attached hydrogens (tertiary/aromatic N) is 1. The Morgan fingerprint density at radius 1 is 1.45 bits per heavy atom. The van der Waals surface area contributed by atoms with Crippen LogP contribution in [-0.2, 0) is 0 Å². The van der Waals surface area contributed by atoms with Crippen LogP contribution in [0, 0.1) is 22.7 Å². The number of hydrogen-bond donors (Lipinski definition) is 1. The Morgan fingerprint density at radius 3 is 2.70 bits per heavy atom. The summed E-state index contributed by atoms with van der Waals surface area (Å²) in [7, 11) is 0. The molecule has 0 saturated heterocycles. The number of aliphatic hydroxyl groups excluding tert-OH is 1. The van der Waals surface area contributed by atoms with Gasteiger partial charge in [-0.1, -0.05) is 31.5 Å². The van der Waals surface area contributed by atoms with E-state index in [-0.39, 0.29) is 5.56 Å². The highest BCUT2D eigenvalue weighted by atomic mass is 19.3. The minimum Gasteiger partial charge on any atom is -0.387 e. The number of halogens is 2. The summed E-state index contributed by atoms with van der Waals surface area (Å²) in [4.78, 5) is 0. The van der Waals surface area contributed by atoms with Gasteiger partial charge in [0.25, 0.3) is 6.43 Å². The average molecular weight is 279 g/mol. The minimum atomic E-state index is -2.56. The lowest BCUT2D eigenvalue weighted by Gasteiger charge is -2.28. The van der Waals surface area contributed by atoms with Gasteiger partial charge >= 0.3 is 0 Å². The van der Waals surface area contributed by atoms with Crippen molar-refractivity contribution in [3.63, 3.8) is 0 Å². The molecule has 1 fully saturated rings. The number of rotatable bonds is 4. The van der Waals surface area contributed by atoms with E-state index >= 15 is 0 Å². The van der Waals surface area contributed by atoms with Crippen LogP contribution in [0.3, 0.4) is 0 Å². The van der Waals surface area contributed by atoms with Gasteiger partial charge in [0, 0.05) is 5.56 Å². The standard InChI is InChI=1S/C16H19F2NO/c1-2-11-6-7-16(9-11,10-19)14(20)12-4-3-5-13(8-12)15(17)18/h3-5,8,11,14-15,20H,2,6-7,9H2,1H3. The summed E-state index contributed by atoms with van der Waals surface area (Å²) in [5, 5.41) is 20.0. The second-order valence-electron chi connectivity index (χ2n) is 5.66. The fourth-order valence-electron chi connectivity index (χ4n) is 3.12. The van der Waals surface area contributed by atoms with Crippen molar-refractivity contribution in [2.75, 3.05) is 0 Å². The monoisotopic (exact) mass is 279 g/mol. The maximum atomic E-state index is 12.7. The van der Waals surface area contributed by atoms with E-state index in [2.05, 4.69) is 13.0 Å². The largest absolute Gasteiger partial charge is 0.387 e. The molecule has 1 saturated carbocycles. The molecule has 3 unspecified atom stereocenters. The van der Waals surface area contributed by atoms with E-state index in [0.29, 0.717) is 24.3 Å². The van der Waals surface area contributed by atoms with E-state index in [1.165, 1.54) is 18.2 Å². The highest BCUT2D eigenvalue weighted by Gasteiger charge is 2.45. The first-order valence-electron chi connectivity index (χ1n) is 6.99. The van der Waals surface area contributed by atoms with Gasteiger partial charge in [-0.3, -0.25) is 0 Å². The SMILES string of the molecule is CCC1CCC(C#N)(C(O)c2cccc(C(F)F)c2)C1. The Labute approximate surface area is 118 Å². The van der Waals surface area contributed by atoms with Gasteiger partial charge < -0.3 is 5.11 Å². The minimum absolute atomic E-state index is 0.111. The van der Waals surface area contributed by atoms with E-state index < -0.39 is 17.9 Å². The van der Waals surface area contributed by atoms with Crippen molar-refractivity contribution >= 4 is 0 Å². The van der Waals surface area contributed by atoms with Crippen molar-refractivity contribution < 1.29 is 13.9 Å². The molecule has 0 heterocycles. The van der Waals surface area contributed by atoms with Gasteiger partial charge in [0.05, 0.1) is 17.6 Å². The molecular weight excluding hydrogens is 260 g/mol. The highest BCUT2D eigenvalue weighted by Crippen LogP contribution is 2.50. The van der Waals surface area contributed by atoms with Crippen LogP contribution in [0.1, 0.15) is 56.3 Å². The van der Waals surface area contributed by atoms with Crippen LogP contribution in [0.5, 0.6) is 0 Å². The third kappa shape index (κ3) is 2.69. The van der Waals surface area contributed by atoms with Crippen LogP contribution in [0.4, 0.5) is 8.78 Å². The van der Waals surface area contributed by atoms with Crippen molar-refractivity contribution in [1.29, 1.82) is 5.26 Å². The average Bonchev–Trinajstić information content (AvgIpc) is 2.91. The summed E-state index contributed by atoms with van der Waals surface area (Å²) >= 11 is 0. The molecule has 0 spiro atoms. The summed E-state index contributed by atoms with van der Waals surface area (Å²) in [5.41, 5.74) is -0.526. The number of aliphatic hydroxyl groups is 1.